The summed E-state index contributed by atoms with van der Waals surface area (Å²) in [5.41, 5.74) is 6.90. The van der Waals surface area contributed by atoms with Crippen LogP contribution >= 0.6 is 0 Å². The molecule has 1 atom stereocenters. The highest BCUT2D eigenvalue weighted by atomic mass is 16.6. The smallest absolute Gasteiger partial charge is 0.355 e. The van der Waals surface area contributed by atoms with E-state index in [1.54, 1.807) is 10.6 Å². The molecule has 0 bridgehead atoms. The van der Waals surface area contributed by atoms with Crippen molar-refractivity contribution >= 4 is 22.8 Å². The number of para-hydroxylation sites is 1. The molecule has 2 aromatic heterocycles. The summed E-state index contributed by atoms with van der Waals surface area (Å²) in [4.78, 5) is 42.3. The molecule has 8 heteroatoms. The van der Waals surface area contributed by atoms with E-state index in [4.69, 9.17) is 20.2 Å². The minimum absolute atomic E-state index is 0.172. The van der Waals surface area contributed by atoms with Crippen LogP contribution < -0.4 is 11.3 Å². The van der Waals surface area contributed by atoms with Crippen LogP contribution in [-0.4, -0.2) is 28.0 Å². The zero-order valence-corrected chi connectivity index (χ0v) is 15.6. The van der Waals surface area contributed by atoms with Crippen LogP contribution in [0.4, 0.5) is 0 Å². The van der Waals surface area contributed by atoms with Crippen LogP contribution in [0.3, 0.4) is 0 Å². The van der Waals surface area contributed by atoms with Gasteiger partial charge >= 0.3 is 11.9 Å². The number of cyclic esters (lactones) is 1. The molecule has 29 heavy (non-hydrogen) atoms. The van der Waals surface area contributed by atoms with Gasteiger partial charge in [-0.3, -0.25) is 9.59 Å². The fraction of sp³-hybridized carbons (Fsp3) is 0.238. The van der Waals surface area contributed by atoms with E-state index in [2.05, 4.69) is 0 Å². The Morgan fingerprint density at radius 1 is 1.31 bits per heavy atom. The third kappa shape index (κ3) is 2.42. The largest absolute Gasteiger partial charge is 0.457 e. The second-order valence-electron chi connectivity index (χ2n) is 7.29. The van der Waals surface area contributed by atoms with Gasteiger partial charge in [-0.15, -0.1) is 0 Å². The summed E-state index contributed by atoms with van der Waals surface area (Å²) in [6, 6.07) is 11.4. The average molecular weight is 391 g/mol. The molecule has 0 amide bonds. The monoisotopic (exact) mass is 391 g/mol. The molecule has 2 aliphatic rings. The number of hydrogen-bond donors (Lipinski definition) is 1. The molecule has 0 saturated carbocycles. The number of nitrogens with two attached hydrogens (primary N) is 1. The molecule has 0 unspecified atom stereocenters. The fourth-order valence-corrected chi connectivity index (χ4v) is 4.03. The minimum Gasteiger partial charge on any atom is -0.457 e. The van der Waals surface area contributed by atoms with Crippen molar-refractivity contribution in [2.75, 3.05) is 6.54 Å². The first-order chi connectivity index (χ1) is 13.9. The van der Waals surface area contributed by atoms with Gasteiger partial charge in [0.15, 0.2) is 0 Å². The van der Waals surface area contributed by atoms with E-state index in [9.17, 15) is 14.4 Å². The summed E-state index contributed by atoms with van der Waals surface area (Å²) in [6.45, 7) is 1.23. The van der Waals surface area contributed by atoms with Crippen molar-refractivity contribution in [2.45, 2.75) is 25.7 Å². The number of esters is 2. The standard InChI is InChI=1S/C21H17N3O5/c1-21(29-17(25)8-22)14-7-16-18-12(6-11-4-2-3-5-15(11)23-18)9-24(16)19(26)13(14)10-28-20(21)27/h2-7H,8-10,22H2,1H3/t21-/m0/s1. The summed E-state index contributed by atoms with van der Waals surface area (Å²) in [6.07, 6.45) is 0. The van der Waals surface area contributed by atoms with Gasteiger partial charge in [0.2, 0.25) is 5.60 Å². The molecular weight excluding hydrogens is 374 g/mol. The molecule has 4 heterocycles. The van der Waals surface area contributed by atoms with Crippen molar-refractivity contribution in [3.63, 3.8) is 0 Å². The molecular formula is C21H17N3O5. The molecule has 0 spiro atoms. The van der Waals surface area contributed by atoms with Gasteiger partial charge in [-0.05, 0) is 25.1 Å². The first-order valence-electron chi connectivity index (χ1n) is 9.18. The van der Waals surface area contributed by atoms with Crippen LogP contribution in [0, 0.1) is 0 Å². The topological polar surface area (TPSA) is 114 Å². The van der Waals surface area contributed by atoms with Crippen LogP contribution in [0.25, 0.3) is 22.3 Å². The summed E-state index contributed by atoms with van der Waals surface area (Å²) < 4.78 is 12.1. The van der Waals surface area contributed by atoms with E-state index in [1.807, 2.05) is 30.3 Å². The lowest BCUT2D eigenvalue weighted by Gasteiger charge is -2.33. The van der Waals surface area contributed by atoms with Gasteiger partial charge in [0.05, 0.1) is 35.6 Å². The molecule has 0 fully saturated rings. The number of nitrogens with zero attached hydrogens (tertiary/aromatic N) is 2. The zero-order chi connectivity index (χ0) is 20.3. The van der Waals surface area contributed by atoms with Crippen LogP contribution in [0.1, 0.15) is 23.6 Å². The molecule has 5 rings (SSSR count). The fourth-order valence-electron chi connectivity index (χ4n) is 4.03. The van der Waals surface area contributed by atoms with Gasteiger partial charge < -0.3 is 19.8 Å². The van der Waals surface area contributed by atoms with E-state index >= 15 is 0 Å². The van der Waals surface area contributed by atoms with Crippen molar-refractivity contribution in [1.82, 2.24) is 9.55 Å². The Kier molecular flexibility index (Phi) is 3.63. The van der Waals surface area contributed by atoms with Crippen LogP contribution in [-0.2, 0) is 37.8 Å². The number of fused-ring (bicyclic) bond motifs is 5. The lowest BCUT2D eigenvalue weighted by Crippen LogP contribution is -2.46. The van der Waals surface area contributed by atoms with E-state index in [0.717, 1.165) is 16.5 Å². The van der Waals surface area contributed by atoms with Gasteiger partial charge in [0.1, 0.15) is 6.61 Å². The van der Waals surface area contributed by atoms with Crippen LogP contribution in [0.15, 0.2) is 41.2 Å². The molecule has 146 valence electrons. The summed E-state index contributed by atoms with van der Waals surface area (Å²) in [5.74, 6) is -1.50. The Hall–Kier alpha value is -3.52. The third-order valence-electron chi connectivity index (χ3n) is 5.51. The Balaban J connectivity index is 1.75. The van der Waals surface area contributed by atoms with E-state index in [-0.39, 0.29) is 17.7 Å². The van der Waals surface area contributed by atoms with E-state index in [1.165, 1.54) is 6.92 Å². The highest BCUT2D eigenvalue weighted by Gasteiger charge is 2.47. The lowest BCUT2D eigenvalue weighted by atomic mass is 9.89. The predicted octanol–water partition coefficient (Wildman–Crippen LogP) is 1.20. The van der Waals surface area contributed by atoms with Crippen molar-refractivity contribution < 1.29 is 19.1 Å². The molecule has 0 saturated heterocycles. The summed E-state index contributed by atoms with van der Waals surface area (Å²) >= 11 is 0. The third-order valence-corrected chi connectivity index (χ3v) is 5.51. The highest BCUT2D eigenvalue weighted by Crippen LogP contribution is 2.38. The van der Waals surface area contributed by atoms with E-state index in [0.29, 0.717) is 23.5 Å². The molecule has 3 aromatic rings. The number of carbonyl (C=O) groups excluding carboxylic acids is 2. The highest BCUT2D eigenvalue weighted by molar-refractivity contribution is 5.88. The predicted molar refractivity (Wildman–Crippen MR) is 103 cm³/mol. The first-order valence-corrected chi connectivity index (χ1v) is 9.18. The normalized spacial score (nSPS) is 19.3. The quantitative estimate of drug-likeness (QED) is 0.511. The zero-order valence-electron chi connectivity index (χ0n) is 15.6. The summed E-state index contributed by atoms with van der Waals surface area (Å²) in [5, 5.41) is 0.983. The molecule has 2 N–H and O–H groups in total. The van der Waals surface area contributed by atoms with E-state index < -0.39 is 24.1 Å². The minimum atomic E-state index is -1.74. The van der Waals surface area contributed by atoms with Gasteiger partial charge in [0, 0.05) is 16.5 Å². The molecule has 0 aliphatic carbocycles. The van der Waals surface area contributed by atoms with Crippen molar-refractivity contribution in [3.05, 3.63) is 63.4 Å². The molecule has 0 radical (unpaired) electrons. The van der Waals surface area contributed by atoms with Gasteiger partial charge in [-0.1, -0.05) is 18.2 Å². The second-order valence-corrected chi connectivity index (χ2v) is 7.29. The Labute approximate surface area is 164 Å². The Morgan fingerprint density at radius 2 is 2.10 bits per heavy atom. The maximum absolute atomic E-state index is 13.2. The number of rotatable bonds is 2. The number of hydrogen-bond acceptors (Lipinski definition) is 7. The van der Waals surface area contributed by atoms with Gasteiger partial charge in [-0.2, -0.15) is 0 Å². The number of ether oxygens (including phenoxy) is 2. The molecule has 1 aromatic carbocycles. The number of benzene rings is 1. The summed E-state index contributed by atoms with van der Waals surface area (Å²) in [7, 11) is 0. The van der Waals surface area contributed by atoms with Crippen LogP contribution in [0.2, 0.25) is 0 Å². The van der Waals surface area contributed by atoms with Gasteiger partial charge in [0.25, 0.3) is 5.56 Å². The first kappa shape index (κ1) is 17.6. The average Bonchev–Trinajstić information content (AvgIpc) is 3.07. The molecule has 2 aliphatic heterocycles. The second kappa shape index (κ2) is 5.99. The SMILES string of the molecule is C[C@@]1(OC(=O)CN)C(=O)OCc2c1cc1n(c2=O)Cc2cc3ccccc3nc2-1. The number of carbonyl (C=O) groups is 2. The number of aromatic nitrogens is 2. The van der Waals surface area contributed by atoms with Crippen molar-refractivity contribution in [2.24, 2.45) is 5.73 Å². The van der Waals surface area contributed by atoms with Gasteiger partial charge in [-0.25, -0.2) is 9.78 Å². The molecule has 8 nitrogen and oxygen atoms in total. The maximum atomic E-state index is 13.2. The Bertz CT molecular complexity index is 1280. The lowest BCUT2D eigenvalue weighted by molar-refractivity contribution is -0.185. The Morgan fingerprint density at radius 3 is 2.90 bits per heavy atom. The van der Waals surface area contributed by atoms with Crippen LogP contribution in [0.5, 0.6) is 0 Å². The van der Waals surface area contributed by atoms with Crippen molar-refractivity contribution in [3.8, 4) is 11.4 Å². The maximum Gasteiger partial charge on any atom is 0.355 e. The van der Waals surface area contributed by atoms with Crippen molar-refractivity contribution in [1.29, 1.82) is 0 Å². The number of pyridine rings is 2.